The lowest BCUT2D eigenvalue weighted by atomic mass is 9.44. The van der Waals surface area contributed by atoms with Crippen molar-refractivity contribution in [2.24, 2.45) is 22.7 Å². The summed E-state index contributed by atoms with van der Waals surface area (Å²) in [6.07, 6.45) is 7.23. The maximum absolute atomic E-state index is 11.6. The molecule has 0 aromatic rings. The maximum atomic E-state index is 11.6. The number of allylic oxidation sites excluding steroid dienone is 1. The molecule has 4 heteroatoms. The van der Waals surface area contributed by atoms with Crippen molar-refractivity contribution >= 4 is 5.97 Å². The fourth-order valence-electron chi connectivity index (χ4n) is 6.18. The van der Waals surface area contributed by atoms with Crippen LogP contribution in [0.5, 0.6) is 0 Å². The zero-order valence-electron chi connectivity index (χ0n) is 17.5. The second-order valence-corrected chi connectivity index (χ2v) is 9.74. The average Bonchev–Trinajstić information content (AvgIpc) is 2.49. The molecule has 0 aliphatic heterocycles. The molecule has 5 atom stereocenters. The van der Waals surface area contributed by atoms with Crippen LogP contribution in [-0.2, 0) is 9.53 Å². The number of hydrogen-bond donors (Lipinski definition) is 2. The predicted octanol–water partition coefficient (Wildman–Crippen LogP) is 4.24. The molecule has 2 aliphatic rings. The summed E-state index contributed by atoms with van der Waals surface area (Å²) in [5.74, 6) is 0.421. The molecule has 0 radical (unpaired) electrons. The Morgan fingerprint density at radius 1 is 1.15 bits per heavy atom. The van der Waals surface area contributed by atoms with Gasteiger partial charge in [-0.25, -0.2) is 0 Å². The van der Waals surface area contributed by atoms with Gasteiger partial charge in [-0.2, -0.15) is 0 Å². The predicted molar refractivity (Wildman–Crippen MR) is 104 cm³/mol. The number of rotatable bonds is 5. The Labute approximate surface area is 159 Å². The minimum atomic E-state index is -0.672. The highest BCUT2D eigenvalue weighted by Crippen LogP contribution is 2.63. The van der Waals surface area contributed by atoms with E-state index in [-0.39, 0.29) is 35.4 Å². The fraction of sp³-hybridized carbons (Fsp3) is 0.864. The van der Waals surface area contributed by atoms with Gasteiger partial charge in [-0.3, -0.25) is 4.79 Å². The minimum absolute atomic E-state index is 0.0292. The first-order chi connectivity index (χ1) is 11.9. The number of esters is 1. The number of carbonyl (C=O) groups excluding carboxylic acids is 1. The van der Waals surface area contributed by atoms with Crippen molar-refractivity contribution in [3.63, 3.8) is 0 Å². The van der Waals surface area contributed by atoms with Gasteiger partial charge in [0.15, 0.2) is 0 Å². The molecule has 0 unspecified atom stereocenters. The third-order valence-electron chi connectivity index (χ3n) is 7.53. The van der Waals surface area contributed by atoms with Gasteiger partial charge in [0.05, 0.1) is 12.2 Å². The first-order valence-electron chi connectivity index (χ1n) is 10.1. The van der Waals surface area contributed by atoms with Crippen LogP contribution in [0.15, 0.2) is 11.6 Å². The molecule has 26 heavy (non-hydrogen) atoms. The molecule has 150 valence electrons. The normalized spacial score (nSPS) is 40.0. The van der Waals surface area contributed by atoms with Crippen LogP contribution < -0.4 is 0 Å². The van der Waals surface area contributed by atoms with Crippen LogP contribution in [0, 0.1) is 22.7 Å². The zero-order chi connectivity index (χ0) is 19.8. The summed E-state index contributed by atoms with van der Waals surface area (Å²) in [4.78, 5) is 11.6. The van der Waals surface area contributed by atoms with Crippen molar-refractivity contribution in [1.82, 2.24) is 0 Å². The molecule has 2 aliphatic carbocycles. The number of carbonyl (C=O) groups is 1. The molecular formula is C22H38O4. The standard InChI is InChI=1S/C22H38O4/c1-15(11-14-23)7-8-18-21(5)12-10-19(26-16(2)24)20(3,4)17(21)9-13-22(18,6)25/h11,17-19,23,25H,7-10,12-14H2,1-6H3/b15-11+/t17-,18+,19+,21-,22+/m1/s1. The summed E-state index contributed by atoms with van der Waals surface area (Å²) >= 11 is 0. The molecule has 0 heterocycles. The van der Waals surface area contributed by atoms with E-state index in [0.717, 1.165) is 38.5 Å². The lowest BCUT2D eigenvalue weighted by Gasteiger charge is -2.62. The Morgan fingerprint density at radius 3 is 2.38 bits per heavy atom. The van der Waals surface area contributed by atoms with E-state index in [1.54, 1.807) is 0 Å². The number of hydrogen-bond acceptors (Lipinski definition) is 4. The third kappa shape index (κ3) is 4.01. The second-order valence-electron chi connectivity index (χ2n) is 9.74. The SMILES string of the molecule is CC(=O)O[C@H]1CC[C@]2(C)[C@H](CC[C@](C)(O)[C@H]2CC/C(C)=C/CO)C1(C)C. The van der Waals surface area contributed by atoms with Gasteiger partial charge in [0.25, 0.3) is 0 Å². The largest absolute Gasteiger partial charge is 0.462 e. The minimum Gasteiger partial charge on any atom is -0.462 e. The van der Waals surface area contributed by atoms with Crippen molar-refractivity contribution < 1.29 is 19.7 Å². The molecule has 2 rings (SSSR count). The molecule has 0 saturated heterocycles. The Morgan fingerprint density at radius 2 is 1.81 bits per heavy atom. The van der Waals surface area contributed by atoms with Gasteiger partial charge in [-0.05, 0) is 69.6 Å². The topological polar surface area (TPSA) is 66.8 Å². The monoisotopic (exact) mass is 366 g/mol. The highest BCUT2D eigenvalue weighted by atomic mass is 16.5. The highest BCUT2D eigenvalue weighted by molar-refractivity contribution is 5.66. The van der Waals surface area contributed by atoms with Gasteiger partial charge in [0, 0.05) is 12.3 Å². The summed E-state index contributed by atoms with van der Waals surface area (Å²) in [6, 6.07) is 0. The number of aliphatic hydroxyl groups is 2. The Bertz CT molecular complexity index is 548. The summed E-state index contributed by atoms with van der Waals surface area (Å²) in [7, 11) is 0. The first-order valence-corrected chi connectivity index (χ1v) is 10.1. The van der Waals surface area contributed by atoms with E-state index in [1.165, 1.54) is 12.5 Å². The van der Waals surface area contributed by atoms with Crippen LogP contribution in [-0.4, -0.2) is 34.5 Å². The van der Waals surface area contributed by atoms with Gasteiger partial charge in [-0.1, -0.05) is 32.4 Å². The van der Waals surface area contributed by atoms with Crippen molar-refractivity contribution in [3.05, 3.63) is 11.6 Å². The van der Waals surface area contributed by atoms with Gasteiger partial charge in [0.1, 0.15) is 6.10 Å². The van der Waals surface area contributed by atoms with E-state index in [2.05, 4.69) is 27.7 Å². The molecule has 2 saturated carbocycles. The fourth-order valence-corrected chi connectivity index (χ4v) is 6.18. The van der Waals surface area contributed by atoms with Gasteiger partial charge < -0.3 is 14.9 Å². The maximum Gasteiger partial charge on any atom is 0.302 e. The van der Waals surface area contributed by atoms with E-state index >= 15 is 0 Å². The lowest BCUT2D eigenvalue weighted by Crippen LogP contribution is -2.61. The number of ether oxygens (including phenoxy) is 1. The quantitative estimate of drug-likeness (QED) is 0.564. The van der Waals surface area contributed by atoms with Gasteiger partial charge >= 0.3 is 5.97 Å². The first kappa shape index (κ1) is 21.4. The second kappa shape index (κ2) is 7.63. The Balaban J connectivity index is 2.28. The van der Waals surface area contributed by atoms with E-state index in [9.17, 15) is 9.90 Å². The molecule has 0 aromatic heterocycles. The summed E-state index contributed by atoms with van der Waals surface area (Å²) in [5, 5.41) is 20.3. The molecular weight excluding hydrogens is 328 g/mol. The van der Waals surface area contributed by atoms with Crippen LogP contribution in [0.25, 0.3) is 0 Å². The number of aliphatic hydroxyl groups excluding tert-OH is 1. The van der Waals surface area contributed by atoms with Crippen LogP contribution in [0.2, 0.25) is 0 Å². The summed E-state index contributed by atoms with van der Waals surface area (Å²) in [5.41, 5.74) is 0.446. The molecule has 2 N–H and O–H groups in total. The van der Waals surface area contributed by atoms with Gasteiger partial charge in [-0.15, -0.1) is 0 Å². The van der Waals surface area contributed by atoms with Crippen molar-refractivity contribution in [2.45, 2.75) is 91.8 Å². The zero-order valence-corrected chi connectivity index (χ0v) is 17.5. The van der Waals surface area contributed by atoms with E-state index in [0.29, 0.717) is 5.92 Å². The van der Waals surface area contributed by atoms with Crippen molar-refractivity contribution in [3.8, 4) is 0 Å². The average molecular weight is 367 g/mol. The van der Waals surface area contributed by atoms with E-state index < -0.39 is 5.60 Å². The molecule has 4 nitrogen and oxygen atoms in total. The molecule has 0 aromatic carbocycles. The number of fused-ring (bicyclic) bond motifs is 1. The molecule has 0 spiro atoms. The van der Waals surface area contributed by atoms with Crippen molar-refractivity contribution in [2.75, 3.05) is 6.61 Å². The lowest BCUT2D eigenvalue weighted by molar-refractivity contribution is -0.207. The van der Waals surface area contributed by atoms with Crippen LogP contribution >= 0.6 is 0 Å². The van der Waals surface area contributed by atoms with E-state index in [4.69, 9.17) is 9.84 Å². The summed E-state index contributed by atoms with van der Waals surface area (Å²) < 4.78 is 5.68. The smallest absolute Gasteiger partial charge is 0.302 e. The Hall–Kier alpha value is -0.870. The molecule has 0 bridgehead atoms. The molecule has 0 amide bonds. The van der Waals surface area contributed by atoms with Crippen molar-refractivity contribution in [1.29, 1.82) is 0 Å². The van der Waals surface area contributed by atoms with Crippen LogP contribution in [0.1, 0.15) is 80.1 Å². The third-order valence-corrected chi connectivity index (χ3v) is 7.53. The highest BCUT2D eigenvalue weighted by Gasteiger charge is 2.60. The molecule has 2 fully saturated rings. The van der Waals surface area contributed by atoms with Crippen LogP contribution in [0.4, 0.5) is 0 Å². The Kier molecular flexibility index (Phi) is 6.29. The van der Waals surface area contributed by atoms with Gasteiger partial charge in [0.2, 0.25) is 0 Å². The summed E-state index contributed by atoms with van der Waals surface area (Å²) in [6.45, 7) is 12.4. The van der Waals surface area contributed by atoms with E-state index in [1.807, 2.05) is 13.0 Å². The van der Waals surface area contributed by atoms with Crippen LogP contribution in [0.3, 0.4) is 0 Å².